The van der Waals surface area contributed by atoms with Crippen molar-refractivity contribution >= 4 is 0 Å². The predicted octanol–water partition coefficient (Wildman–Crippen LogP) is 1.41. The van der Waals surface area contributed by atoms with Gasteiger partial charge in [-0.25, -0.2) is 5.01 Å². The molecule has 0 spiro atoms. The molecule has 2 unspecified atom stereocenters. The number of nitrogens with zero attached hydrogens (tertiary/aromatic N) is 2. The molecule has 2 fully saturated rings. The van der Waals surface area contributed by atoms with E-state index in [9.17, 15) is 0 Å². The quantitative estimate of drug-likeness (QED) is 0.601. The third-order valence-electron chi connectivity index (χ3n) is 2.70. The van der Waals surface area contributed by atoms with Crippen molar-refractivity contribution in [3.8, 4) is 0 Å². The molecule has 2 N–H and O–H groups in total. The van der Waals surface area contributed by atoms with Gasteiger partial charge in [-0.15, -0.1) is 0 Å². The van der Waals surface area contributed by atoms with Crippen LogP contribution in [0.15, 0.2) is 0 Å². The maximum Gasteiger partial charge on any atom is 0.0172 e. The van der Waals surface area contributed by atoms with Crippen molar-refractivity contribution in [1.82, 2.24) is 9.91 Å². The summed E-state index contributed by atoms with van der Waals surface area (Å²) in [6.45, 7) is 12.7. The Hall–Kier alpha value is -0.120. The van der Waals surface area contributed by atoms with E-state index in [1.807, 2.05) is 32.7 Å². The lowest BCUT2D eigenvalue weighted by atomic mass is 10.0. The molecule has 2 aliphatic rings. The van der Waals surface area contributed by atoms with Crippen LogP contribution in [0.1, 0.15) is 27.7 Å². The third kappa shape index (κ3) is 3.56. The van der Waals surface area contributed by atoms with Gasteiger partial charge in [0.1, 0.15) is 0 Å². The van der Waals surface area contributed by atoms with Gasteiger partial charge >= 0.3 is 0 Å². The molecule has 0 amide bonds. The van der Waals surface area contributed by atoms with E-state index in [1.54, 1.807) is 0 Å². The minimum Gasteiger partial charge on any atom is -0.306 e. The Labute approximate surface area is 89.2 Å². The molecule has 86 valence electrons. The maximum absolute atomic E-state index is 5.69. The molecule has 2 heterocycles. The van der Waals surface area contributed by atoms with E-state index in [0.717, 1.165) is 24.9 Å². The van der Waals surface area contributed by atoms with E-state index in [4.69, 9.17) is 5.84 Å². The summed E-state index contributed by atoms with van der Waals surface area (Å²) in [4.78, 5) is 2.41. The molecule has 3 nitrogen and oxygen atoms in total. The molecule has 3 heteroatoms. The van der Waals surface area contributed by atoms with E-state index >= 15 is 0 Å². The summed E-state index contributed by atoms with van der Waals surface area (Å²) in [5, 5.41) is 1.96. The van der Waals surface area contributed by atoms with Crippen LogP contribution >= 0.6 is 0 Å². The van der Waals surface area contributed by atoms with Crippen LogP contribution in [-0.2, 0) is 0 Å². The summed E-state index contributed by atoms with van der Waals surface area (Å²) in [6, 6.07) is 0. The number of hydrogen-bond donors (Lipinski definition) is 1. The SMILES string of the molecule is CC.CC.CN1CC2CN(N)CC2C1. The Morgan fingerprint density at radius 1 is 0.857 bits per heavy atom. The molecule has 0 radical (unpaired) electrons. The molecule has 14 heavy (non-hydrogen) atoms. The highest BCUT2D eigenvalue weighted by molar-refractivity contribution is 4.89. The van der Waals surface area contributed by atoms with Crippen molar-refractivity contribution in [2.45, 2.75) is 27.7 Å². The van der Waals surface area contributed by atoms with Crippen molar-refractivity contribution in [1.29, 1.82) is 0 Å². The third-order valence-corrected chi connectivity index (χ3v) is 2.70. The van der Waals surface area contributed by atoms with Gasteiger partial charge in [0.15, 0.2) is 0 Å². The Kier molecular flexibility index (Phi) is 7.15. The monoisotopic (exact) mass is 201 g/mol. The summed E-state index contributed by atoms with van der Waals surface area (Å²) < 4.78 is 0. The standard InChI is InChI=1S/C7H15N3.2C2H6/c1-9-2-6-4-10(8)5-7(6)3-9;2*1-2/h6-7H,2-5,8H2,1H3;2*1-2H3. The van der Waals surface area contributed by atoms with E-state index in [2.05, 4.69) is 11.9 Å². The van der Waals surface area contributed by atoms with E-state index in [-0.39, 0.29) is 0 Å². The highest BCUT2D eigenvalue weighted by Gasteiger charge is 2.37. The smallest absolute Gasteiger partial charge is 0.0172 e. The lowest BCUT2D eigenvalue weighted by molar-refractivity contribution is 0.285. The summed E-state index contributed by atoms with van der Waals surface area (Å²) in [7, 11) is 2.19. The number of likely N-dealkylation sites (tertiary alicyclic amines) is 1. The Morgan fingerprint density at radius 2 is 1.21 bits per heavy atom. The van der Waals surface area contributed by atoms with Crippen LogP contribution in [0.4, 0.5) is 0 Å². The summed E-state index contributed by atoms with van der Waals surface area (Å²) >= 11 is 0. The van der Waals surface area contributed by atoms with Crippen LogP contribution in [-0.4, -0.2) is 43.1 Å². The number of hydrogen-bond acceptors (Lipinski definition) is 3. The number of hydrazine groups is 1. The summed E-state index contributed by atoms with van der Waals surface area (Å²) in [5.41, 5.74) is 0. The average Bonchev–Trinajstić information content (AvgIpc) is 2.67. The molecule has 0 aromatic heterocycles. The first-order valence-corrected chi connectivity index (χ1v) is 5.94. The van der Waals surface area contributed by atoms with Crippen molar-refractivity contribution in [2.75, 3.05) is 33.2 Å². The van der Waals surface area contributed by atoms with Gasteiger partial charge in [0.25, 0.3) is 0 Å². The lowest BCUT2D eigenvalue weighted by Gasteiger charge is -2.12. The van der Waals surface area contributed by atoms with Crippen LogP contribution in [0.5, 0.6) is 0 Å². The van der Waals surface area contributed by atoms with Gasteiger partial charge in [-0.3, -0.25) is 5.84 Å². The van der Waals surface area contributed by atoms with Gasteiger partial charge in [-0.05, 0) is 18.9 Å². The van der Waals surface area contributed by atoms with Gasteiger partial charge in [0.05, 0.1) is 0 Å². The molecule has 0 aromatic rings. The molecule has 2 saturated heterocycles. The zero-order chi connectivity index (χ0) is 11.1. The summed E-state index contributed by atoms with van der Waals surface area (Å²) in [5.74, 6) is 7.40. The first kappa shape index (κ1) is 13.9. The predicted molar refractivity (Wildman–Crippen MR) is 62.9 cm³/mol. The van der Waals surface area contributed by atoms with Gasteiger partial charge in [-0.2, -0.15) is 0 Å². The largest absolute Gasteiger partial charge is 0.306 e. The normalized spacial score (nSPS) is 31.3. The molecule has 2 aliphatic heterocycles. The van der Waals surface area contributed by atoms with Crippen LogP contribution in [0.25, 0.3) is 0 Å². The zero-order valence-electron chi connectivity index (χ0n) is 10.5. The Bertz CT molecular complexity index is 110. The Balaban J connectivity index is 0.000000379. The van der Waals surface area contributed by atoms with E-state index in [1.165, 1.54) is 13.1 Å². The first-order valence-electron chi connectivity index (χ1n) is 5.94. The van der Waals surface area contributed by atoms with E-state index in [0.29, 0.717) is 0 Å². The average molecular weight is 201 g/mol. The molecular formula is C11H27N3. The molecule has 0 saturated carbocycles. The van der Waals surface area contributed by atoms with Crippen molar-refractivity contribution < 1.29 is 0 Å². The second-order valence-corrected chi connectivity index (χ2v) is 3.70. The van der Waals surface area contributed by atoms with Crippen molar-refractivity contribution in [3.63, 3.8) is 0 Å². The molecule has 0 bridgehead atoms. The first-order chi connectivity index (χ1) is 6.75. The van der Waals surface area contributed by atoms with Crippen LogP contribution in [0.3, 0.4) is 0 Å². The second kappa shape index (κ2) is 7.21. The molecule has 2 atom stereocenters. The minimum atomic E-state index is 0.856. The molecule has 0 aromatic carbocycles. The second-order valence-electron chi connectivity index (χ2n) is 3.70. The highest BCUT2D eigenvalue weighted by atomic mass is 15.4. The molecule has 0 aliphatic carbocycles. The Morgan fingerprint density at radius 3 is 1.57 bits per heavy atom. The fraction of sp³-hybridized carbons (Fsp3) is 1.00. The minimum absolute atomic E-state index is 0.856. The van der Waals surface area contributed by atoms with E-state index < -0.39 is 0 Å². The number of fused-ring (bicyclic) bond motifs is 1. The highest BCUT2D eigenvalue weighted by Crippen LogP contribution is 2.27. The van der Waals surface area contributed by atoms with Crippen LogP contribution in [0.2, 0.25) is 0 Å². The molecule has 2 rings (SSSR count). The van der Waals surface area contributed by atoms with Gasteiger partial charge in [-0.1, -0.05) is 27.7 Å². The number of rotatable bonds is 0. The maximum atomic E-state index is 5.69. The topological polar surface area (TPSA) is 32.5 Å². The molecular weight excluding hydrogens is 174 g/mol. The van der Waals surface area contributed by atoms with Gasteiger partial charge in [0, 0.05) is 26.2 Å². The summed E-state index contributed by atoms with van der Waals surface area (Å²) in [6.07, 6.45) is 0. The van der Waals surface area contributed by atoms with Gasteiger partial charge in [0.2, 0.25) is 0 Å². The van der Waals surface area contributed by atoms with Crippen LogP contribution < -0.4 is 5.84 Å². The fourth-order valence-electron chi connectivity index (χ4n) is 2.26. The number of nitrogens with two attached hydrogens (primary N) is 1. The fourth-order valence-corrected chi connectivity index (χ4v) is 2.26. The van der Waals surface area contributed by atoms with Crippen molar-refractivity contribution in [3.05, 3.63) is 0 Å². The van der Waals surface area contributed by atoms with Crippen molar-refractivity contribution in [2.24, 2.45) is 17.7 Å². The zero-order valence-corrected chi connectivity index (χ0v) is 10.5. The van der Waals surface area contributed by atoms with Crippen LogP contribution in [0, 0.1) is 11.8 Å². The lowest BCUT2D eigenvalue weighted by Crippen LogP contribution is -2.32. The van der Waals surface area contributed by atoms with Gasteiger partial charge < -0.3 is 4.90 Å².